The second-order valence-electron chi connectivity index (χ2n) is 5.69. The molecule has 0 unspecified atom stereocenters. The van der Waals surface area contributed by atoms with Gasteiger partial charge in [0.25, 0.3) is 5.91 Å². The highest BCUT2D eigenvalue weighted by Gasteiger charge is 2.17. The third-order valence-electron chi connectivity index (χ3n) is 4.01. The maximum absolute atomic E-state index is 12.5. The first-order valence-electron chi connectivity index (χ1n) is 7.77. The summed E-state index contributed by atoms with van der Waals surface area (Å²) in [5.41, 5.74) is 2.12. The second-order valence-corrected chi connectivity index (χ2v) is 5.69. The van der Waals surface area contributed by atoms with Gasteiger partial charge in [0.15, 0.2) is 5.69 Å². The van der Waals surface area contributed by atoms with Gasteiger partial charge in [-0.15, -0.1) is 0 Å². The molecule has 8 heteroatoms. The summed E-state index contributed by atoms with van der Waals surface area (Å²) < 4.78 is 8.79. The Kier molecular flexibility index (Phi) is 3.57. The zero-order chi connectivity index (χ0) is 17.4. The maximum Gasteiger partial charge on any atom is 0.272 e. The number of rotatable bonds is 4. The van der Waals surface area contributed by atoms with Gasteiger partial charge in [0.05, 0.1) is 17.8 Å². The smallest absolute Gasteiger partial charge is 0.272 e. The number of amides is 1. The van der Waals surface area contributed by atoms with Gasteiger partial charge in [-0.05, 0) is 18.2 Å². The lowest BCUT2D eigenvalue weighted by atomic mass is 10.2. The summed E-state index contributed by atoms with van der Waals surface area (Å²) in [6, 6.07) is 11.4. The van der Waals surface area contributed by atoms with Crippen LogP contribution in [0.1, 0.15) is 16.4 Å². The number of carbonyl (C=O) groups is 1. The van der Waals surface area contributed by atoms with E-state index in [2.05, 4.69) is 20.6 Å². The van der Waals surface area contributed by atoms with Crippen LogP contribution in [0.15, 0.2) is 47.1 Å². The average Bonchev–Trinajstić information content (AvgIpc) is 3.32. The lowest BCUT2D eigenvalue weighted by Crippen LogP contribution is -2.23. The van der Waals surface area contributed by atoms with E-state index in [1.165, 1.54) is 0 Å². The van der Waals surface area contributed by atoms with E-state index in [0.717, 1.165) is 16.6 Å². The van der Waals surface area contributed by atoms with Crippen molar-refractivity contribution in [2.45, 2.75) is 6.54 Å². The molecule has 0 fully saturated rings. The van der Waals surface area contributed by atoms with E-state index in [1.54, 1.807) is 4.68 Å². The topological polar surface area (TPSA) is 90.8 Å². The number of fused-ring (bicyclic) bond motifs is 1. The molecule has 0 aliphatic carbocycles. The summed E-state index contributed by atoms with van der Waals surface area (Å²) in [4.78, 5) is 16.8. The van der Waals surface area contributed by atoms with E-state index in [9.17, 15) is 4.79 Å². The Morgan fingerprint density at radius 3 is 2.84 bits per heavy atom. The Hall–Kier alpha value is -3.42. The average molecular weight is 336 g/mol. The van der Waals surface area contributed by atoms with E-state index in [0.29, 0.717) is 17.4 Å². The Morgan fingerprint density at radius 2 is 2.04 bits per heavy atom. The molecule has 126 valence electrons. The van der Waals surface area contributed by atoms with Crippen molar-refractivity contribution in [3.63, 3.8) is 0 Å². The van der Waals surface area contributed by atoms with E-state index < -0.39 is 0 Å². The molecule has 3 heterocycles. The first-order chi connectivity index (χ1) is 12.1. The van der Waals surface area contributed by atoms with Crippen LogP contribution in [0, 0.1) is 0 Å². The Labute approximate surface area is 143 Å². The molecule has 0 saturated carbocycles. The molecule has 25 heavy (non-hydrogen) atoms. The number of hydrogen-bond acceptors (Lipinski definition) is 5. The fourth-order valence-corrected chi connectivity index (χ4v) is 2.75. The summed E-state index contributed by atoms with van der Waals surface area (Å²) in [6.45, 7) is 0.140. The summed E-state index contributed by atoms with van der Waals surface area (Å²) in [5, 5.41) is 11.8. The molecule has 1 amide bonds. The van der Waals surface area contributed by atoms with Gasteiger partial charge >= 0.3 is 0 Å². The van der Waals surface area contributed by atoms with Crippen LogP contribution in [0.2, 0.25) is 0 Å². The van der Waals surface area contributed by atoms with Crippen LogP contribution in [0.4, 0.5) is 0 Å². The molecule has 0 aliphatic heterocycles. The minimum Gasteiger partial charge on any atom is -0.348 e. The summed E-state index contributed by atoms with van der Waals surface area (Å²) in [7, 11) is 3.71. The van der Waals surface area contributed by atoms with Crippen LogP contribution in [-0.4, -0.2) is 30.4 Å². The lowest BCUT2D eigenvalue weighted by molar-refractivity contribution is 0.0942. The minimum atomic E-state index is -0.282. The number of nitrogens with zero attached hydrogens (tertiary/aromatic N) is 5. The van der Waals surface area contributed by atoms with Crippen LogP contribution in [-0.2, 0) is 20.6 Å². The Balaban J connectivity index is 1.51. The number of hydrogen-bond donors (Lipinski definition) is 1. The van der Waals surface area contributed by atoms with E-state index in [4.69, 9.17) is 4.52 Å². The predicted octanol–water partition coefficient (Wildman–Crippen LogP) is 1.89. The number of benzene rings is 1. The monoisotopic (exact) mass is 336 g/mol. The van der Waals surface area contributed by atoms with Gasteiger partial charge in [-0.2, -0.15) is 10.1 Å². The van der Waals surface area contributed by atoms with Gasteiger partial charge in [-0.1, -0.05) is 23.4 Å². The maximum atomic E-state index is 12.5. The van der Waals surface area contributed by atoms with E-state index >= 15 is 0 Å². The number of aromatic nitrogens is 5. The normalized spacial score (nSPS) is 11.1. The fourth-order valence-electron chi connectivity index (χ4n) is 2.75. The zero-order valence-electron chi connectivity index (χ0n) is 13.8. The van der Waals surface area contributed by atoms with E-state index in [1.807, 2.05) is 61.3 Å². The van der Waals surface area contributed by atoms with Gasteiger partial charge in [-0.25, -0.2) is 0 Å². The fraction of sp³-hybridized carbons (Fsp3) is 0.176. The van der Waals surface area contributed by atoms with Crippen molar-refractivity contribution in [2.75, 3.05) is 0 Å². The SMILES string of the molecule is Cn1cccc1-c1noc(CNC(=O)c2nn(C)c3ccccc23)n1. The third-order valence-corrected chi connectivity index (χ3v) is 4.01. The molecule has 0 spiro atoms. The molecule has 0 radical (unpaired) electrons. The molecular weight excluding hydrogens is 320 g/mol. The Morgan fingerprint density at radius 1 is 1.20 bits per heavy atom. The molecule has 4 aromatic rings. The van der Waals surface area contributed by atoms with Gasteiger partial charge in [0.2, 0.25) is 11.7 Å². The van der Waals surface area contributed by atoms with Crippen molar-refractivity contribution in [2.24, 2.45) is 14.1 Å². The largest absolute Gasteiger partial charge is 0.348 e. The lowest BCUT2D eigenvalue weighted by Gasteiger charge is -1.99. The molecule has 4 rings (SSSR count). The highest BCUT2D eigenvalue weighted by Crippen LogP contribution is 2.18. The van der Waals surface area contributed by atoms with Crippen molar-refractivity contribution >= 4 is 16.8 Å². The molecule has 3 aromatic heterocycles. The quantitative estimate of drug-likeness (QED) is 0.614. The third kappa shape index (κ3) is 2.67. The number of carbonyl (C=O) groups excluding carboxylic acids is 1. The molecule has 0 atom stereocenters. The minimum absolute atomic E-state index is 0.140. The van der Waals surface area contributed by atoms with Crippen molar-refractivity contribution in [1.82, 2.24) is 29.8 Å². The molecule has 0 aliphatic rings. The van der Waals surface area contributed by atoms with Crippen molar-refractivity contribution in [3.8, 4) is 11.5 Å². The van der Waals surface area contributed by atoms with Crippen LogP contribution < -0.4 is 5.32 Å². The van der Waals surface area contributed by atoms with Gasteiger partial charge in [0, 0.05) is 25.7 Å². The van der Waals surface area contributed by atoms with E-state index in [-0.39, 0.29) is 12.5 Å². The number of para-hydroxylation sites is 1. The highest BCUT2D eigenvalue weighted by atomic mass is 16.5. The highest BCUT2D eigenvalue weighted by molar-refractivity contribution is 6.04. The summed E-state index contributed by atoms with van der Waals surface area (Å²) in [6.07, 6.45) is 1.90. The van der Waals surface area contributed by atoms with Gasteiger partial charge in [0.1, 0.15) is 0 Å². The first-order valence-corrected chi connectivity index (χ1v) is 7.77. The van der Waals surface area contributed by atoms with Crippen LogP contribution >= 0.6 is 0 Å². The summed E-state index contributed by atoms with van der Waals surface area (Å²) in [5.74, 6) is 0.542. The molecule has 1 N–H and O–H groups in total. The Bertz CT molecular complexity index is 1060. The number of nitrogens with one attached hydrogen (secondary N) is 1. The first kappa shape index (κ1) is 15.1. The molecule has 0 saturated heterocycles. The summed E-state index contributed by atoms with van der Waals surface area (Å²) >= 11 is 0. The van der Waals surface area contributed by atoms with Gasteiger partial charge < -0.3 is 14.4 Å². The van der Waals surface area contributed by atoms with Crippen molar-refractivity contribution in [1.29, 1.82) is 0 Å². The second kappa shape index (κ2) is 5.90. The zero-order valence-corrected chi connectivity index (χ0v) is 13.8. The van der Waals surface area contributed by atoms with Crippen LogP contribution in [0.5, 0.6) is 0 Å². The van der Waals surface area contributed by atoms with Crippen molar-refractivity contribution in [3.05, 3.63) is 54.2 Å². The number of aryl methyl sites for hydroxylation is 2. The van der Waals surface area contributed by atoms with Gasteiger partial charge in [-0.3, -0.25) is 9.48 Å². The molecule has 0 bridgehead atoms. The van der Waals surface area contributed by atoms with Crippen LogP contribution in [0.3, 0.4) is 0 Å². The molecule has 8 nitrogen and oxygen atoms in total. The standard InChI is InChI=1S/C17H16N6O2/c1-22-9-5-8-13(22)16-19-14(25-21-16)10-18-17(24)15-11-6-3-4-7-12(11)23(2)20-15/h3-9H,10H2,1-2H3,(H,18,24). The molecule has 1 aromatic carbocycles. The predicted molar refractivity (Wildman–Crippen MR) is 90.6 cm³/mol. The van der Waals surface area contributed by atoms with Crippen LogP contribution in [0.25, 0.3) is 22.4 Å². The molecular formula is C17H16N6O2. The van der Waals surface area contributed by atoms with Crippen molar-refractivity contribution < 1.29 is 9.32 Å².